The lowest BCUT2D eigenvalue weighted by Crippen LogP contribution is -2.26. The smallest absolute Gasteiger partial charge is 0.161 e. The van der Waals surface area contributed by atoms with Crippen LogP contribution in [-0.4, -0.2) is 31.4 Å². The molecule has 0 aromatic heterocycles. The van der Waals surface area contributed by atoms with Gasteiger partial charge < -0.3 is 14.8 Å². The number of para-hydroxylation sites is 2. The van der Waals surface area contributed by atoms with Gasteiger partial charge in [-0.25, -0.2) is 0 Å². The highest BCUT2D eigenvalue weighted by molar-refractivity contribution is 8.00. The first-order valence-corrected chi connectivity index (χ1v) is 5.87. The van der Waals surface area contributed by atoms with Crippen LogP contribution in [-0.2, 0) is 0 Å². The molecule has 0 saturated carbocycles. The van der Waals surface area contributed by atoms with E-state index in [0.717, 1.165) is 12.3 Å². The van der Waals surface area contributed by atoms with E-state index in [0.29, 0.717) is 18.1 Å². The van der Waals surface area contributed by atoms with Crippen LogP contribution in [0.3, 0.4) is 0 Å². The molecule has 3 nitrogen and oxygen atoms in total. The van der Waals surface area contributed by atoms with Crippen molar-refractivity contribution in [2.24, 2.45) is 0 Å². The molecule has 0 spiro atoms. The number of thioether (sulfide) groups is 1. The van der Waals surface area contributed by atoms with Gasteiger partial charge in [-0.05, 0) is 12.1 Å². The van der Waals surface area contributed by atoms with E-state index >= 15 is 0 Å². The Bertz CT molecular complexity index is 356. The van der Waals surface area contributed by atoms with Gasteiger partial charge in [-0.15, -0.1) is 11.8 Å². The van der Waals surface area contributed by atoms with Crippen molar-refractivity contribution in [2.75, 3.05) is 26.0 Å². The number of methoxy groups -OCH3 is 1. The Labute approximate surface area is 95.6 Å². The fourth-order valence-corrected chi connectivity index (χ4v) is 2.19. The van der Waals surface area contributed by atoms with Crippen molar-refractivity contribution < 1.29 is 10.8 Å². The lowest BCUT2D eigenvalue weighted by molar-refractivity contribution is 0.286. The molecule has 4 heteroatoms. The Morgan fingerprint density at radius 2 is 2.33 bits per heavy atom. The van der Waals surface area contributed by atoms with Crippen molar-refractivity contribution in [3.63, 3.8) is 0 Å². The Morgan fingerprint density at radius 3 is 3.00 bits per heavy atom. The minimum atomic E-state index is -0.721. The van der Waals surface area contributed by atoms with Crippen LogP contribution in [0.25, 0.3) is 0 Å². The summed E-state index contributed by atoms with van der Waals surface area (Å²) in [7, 11) is 1.61. The second-order valence-corrected chi connectivity index (χ2v) is 4.33. The molecule has 82 valence electrons. The molecule has 1 heterocycles. The summed E-state index contributed by atoms with van der Waals surface area (Å²) in [5.41, 5.74) is 0. The lowest BCUT2D eigenvalue weighted by Gasteiger charge is -2.13. The fraction of sp³-hybridized carbons (Fsp3) is 0.455. The van der Waals surface area contributed by atoms with Crippen LogP contribution in [0.1, 0.15) is 1.37 Å². The van der Waals surface area contributed by atoms with E-state index in [1.807, 2.05) is 24.3 Å². The quantitative estimate of drug-likeness (QED) is 0.847. The van der Waals surface area contributed by atoms with Gasteiger partial charge in [0.15, 0.2) is 11.5 Å². The molecule has 0 aliphatic carbocycles. The maximum atomic E-state index is 8.04. The molecule has 0 bridgehead atoms. The topological polar surface area (TPSA) is 30.5 Å². The minimum absolute atomic E-state index is 0.318. The Morgan fingerprint density at radius 1 is 1.53 bits per heavy atom. The van der Waals surface area contributed by atoms with E-state index < -0.39 is 5.35 Å². The van der Waals surface area contributed by atoms with Crippen LogP contribution < -0.4 is 14.8 Å². The number of benzene rings is 1. The van der Waals surface area contributed by atoms with Crippen molar-refractivity contribution in [2.45, 2.75) is 5.35 Å². The third-order valence-electron chi connectivity index (χ3n) is 2.13. The van der Waals surface area contributed by atoms with Crippen molar-refractivity contribution in [1.29, 1.82) is 0 Å². The Hall–Kier alpha value is -0.870. The monoisotopic (exact) mass is 226 g/mol. The molecular formula is C11H15NO2S. The Kier molecular flexibility index (Phi) is 3.30. The summed E-state index contributed by atoms with van der Waals surface area (Å²) >= 11 is 1.57. The highest BCUT2D eigenvalue weighted by Gasteiger charge is 2.15. The molecule has 1 aromatic rings. The number of nitrogens with one attached hydrogen (secondary N) is 1. The highest BCUT2D eigenvalue weighted by atomic mass is 32.2. The van der Waals surface area contributed by atoms with Crippen LogP contribution in [0, 0.1) is 0 Å². The van der Waals surface area contributed by atoms with E-state index in [2.05, 4.69) is 5.32 Å². The number of ether oxygens (including phenoxy) is 2. The predicted octanol–water partition coefficient (Wildman–Crippen LogP) is 1.74. The maximum Gasteiger partial charge on any atom is 0.161 e. The highest BCUT2D eigenvalue weighted by Crippen LogP contribution is 2.26. The molecule has 1 aliphatic heterocycles. The van der Waals surface area contributed by atoms with Crippen molar-refractivity contribution >= 4 is 11.8 Å². The van der Waals surface area contributed by atoms with Gasteiger partial charge in [-0.1, -0.05) is 12.1 Å². The van der Waals surface area contributed by atoms with Gasteiger partial charge >= 0.3 is 0 Å². The average Bonchev–Trinajstić information content (AvgIpc) is 2.74. The second kappa shape index (κ2) is 5.28. The molecule has 1 atom stereocenters. The summed E-state index contributed by atoms with van der Waals surface area (Å²) in [6.45, 7) is 1.18. The van der Waals surface area contributed by atoms with Crippen LogP contribution >= 0.6 is 11.8 Å². The van der Waals surface area contributed by atoms with Crippen molar-refractivity contribution in [3.8, 4) is 11.5 Å². The SMILES string of the molecule is [2H]C1(COc2ccccc2OC)NCCS1. The van der Waals surface area contributed by atoms with E-state index in [1.54, 1.807) is 18.9 Å². The van der Waals surface area contributed by atoms with Crippen LogP contribution in [0.2, 0.25) is 0 Å². The van der Waals surface area contributed by atoms with Gasteiger partial charge in [-0.2, -0.15) is 0 Å². The standard InChI is InChI=1S/C11H15NO2S/c1-13-9-4-2-3-5-10(9)14-8-11-12-6-7-15-11/h2-5,11-12H,6-8H2,1H3/i11D. The molecule has 1 aromatic carbocycles. The molecule has 0 amide bonds. The van der Waals surface area contributed by atoms with Crippen molar-refractivity contribution in [3.05, 3.63) is 24.3 Å². The summed E-state index contributed by atoms with van der Waals surface area (Å²) in [5, 5.41) is 2.38. The molecular weight excluding hydrogens is 210 g/mol. The zero-order valence-corrected chi connectivity index (χ0v) is 9.47. The second-order valence-electron chi connectivity index (χ2n) is 3.14. The third kappa shape index (κ3) is 2.79. The van der Waals surface area contributed by atoms with E-state index in [9.17, 15) is 0 Å². The van der Waals surface area contributed by atoms with E-state index in [1.165, 1.54) is 0 Å². The van der Waals surface area contributed by atoms with Crippen LogP contribution in [0.4, 0.5) is 0 Å². The molecule has 15 heavy (non-hydrogen) atoms. The van der Waals surface area contributed by atoms with Crippen LogP contribution in [0.15, 0.2) is 24.3 Å². The lowest BCUT2D eigenvalue weighted by atomic mass is 10.3. The first-order valence-electron chi connectivity index (χ1n) is 5.38. The summed E-state index contributed by atoms with van der Waals surface area (Å²) in [4.78, 5) is 0. The van der Waals surface area contributed by atoms with Gasteiger partial charge in [0.25, 0.3) is 0 Å². The summed E-state index contributed by atoms with van der Waals surface area (Å²) < 4.78 is 18.8. The predicted molar refractivity (Wildman–Crippen MR) is 62.7 cm³/mol. The first kappa shape index (κ1) is 9.36. The minimum Gasteiger partial charge on any atom is -0.493 e. The van der Waals surface area contributed by atoms with Gasteiger partial charge in [-0.3, -0.25) is 0 Å². The Balaban J connectivity index is 1.98. The zero-order chi connectivity index (χ0) is 11.4. The van der Waals surface area contributed by atoms with Gasteiger partial charge in [0.1, 0.15) is 6.61 Å². The summed E-state index contributed by atoms with van der Waals surface area (Å²) in [6, 6.07) is 7.48. The largest absolute Gasteiger partial charge is 0.493 e. The molecule has 1 aliphatic rings. The molecule has 1 fully saturated rings. The van der Waals surface area contributed by atoms with Gasteiger partial charge in [0, 0.05) is 12.3 Å². The van der Waals surface area contributed by atoms with Crippen LogP contribution in [0.5, 0.6) is 11.5 Å². The average molecular weight is 226 g/mol. The molecule has 1 N–H and O–H groups in total. The summed E-state index contributed by atoms with van der Waals surface area (Å²) in [5.74, 6) is 2.35. The van der Waals surface area contributed by atoms with E-state index in [4.69, 9.17) is 10.8 Å². The van der Waals surface area contributed by atoms with Crippen molar-refractivity contribution in [1.82, 2.24) is 5.32 Å². The third-order valence-corrected chi connectivity index (χ3v) is 3.15. The zero-order valence-electron chi connectivity index (χ0n) is 9.66. The van der Waals surface area contributed by atoms with Gasteiger partial charge in [0.2, 0.25) is 0 Å². The molecule has 0 radical (unpaired) electrons. The number of hydrogen-bond acceptors (Lipinski definition) is 4. The van der Waals surface area contributed by atoms with E-state index in [-0.39, 0.29) is 0 Å². The maximum absolute atomic E-state index is 8.04. The molecule has 2 rings (SSSR count). The fourth-order valence-electron chi connectivity index (χ4n) is 1.39. The number of rotatable bonds is 4. The normalized spacial score (nSPS) is 26.1. The van der Waals surface area contributed by atoms with Gasteiger partial charge in [0.05, 0.1) is 13.8 Å². The number of hydrogen-bond donors (Lipinski definition) is 1. The molecule has 1 saturated heterocycles. The first-order chi connectivity index (χ1) is 7.73. The summed E-state index contributed by atoms with van der Waals surface area (Å²) in [6.07, 6.45) is 0. The molecule has 1 unspecified atom stereocenters.